The van der Waals surface area contributed by atoms with Crippen LogP contribution in [0.25, 0.3) is 0 Å². The highest BCUT2D eigenvalue weighted by Gasteiger charge is 2.28. The largest absolute Gasteiger partial charge is 0.274 e. The lowest BCUT2D eigenvalue weighted by Crippen LogP contribution is -2.31. The van der Waals surface area contributed by atoms with E-state index in [1.54, 1.807) is 0 Å². The molecule has 76 valence electrons. The minimum Gasteiger partial charge on any atom is -0.274 e. The van der Waals surface area contributed by atoms with E-state index < -0.39 is 0 Å². The van der Waals surface area contributed by atoms with Crippen molar-refractivity contribution in [1.82, 2.24) is 4.90 Å². The zero-order valence-corrected chi connectivity index (χ0v) is 9.84. The molecule has 0 spiro atoms. The van der Waals surface area contributed by atoms with Gasteiger partial charge < -0.3 is 0 Å². The average Bonchev–Trinajstić information content (AvgIpc) is 2.38. The summed E-state index contributed by atoms with van der Waals surface area (Å²) in [4.78, 5) is 23.9. The van der Waals surface area contributed by atoms with Crippen LogP contribution in [0.15, 0.2) is 10.6 Å². The fourth-order valence-electron chi connectivity index (χ4n) is 1.39. The summed E-state index contributed by atoms with van der Waals surface area (Å²) in [5.74, 6) is -0.398. The standard InChI is InChI=1S/C9H13BBrNO2/c10-4-2-1-3-5-12-8(13)6-7(11)9(12)14/h6H,1-5,10H2. The van der Waals surface area contributed by atoms with E-state index in [9.17, 15) is 9.59 Å². The van der Waals surface area contributed by atoms with Crippen LogP contribution in [-0.2, 0) is 9.59 Å². The Morgan fingerprint density at radius 2 is 2.00 bits per heavy atom. The van der Waals surface area contributed by atoms with E-state index in [4.69, 9.17) is 0 Å². The lowest BCUT2D eigenvalue weighted by molar-refractivity contribution is -0.136. The fourth-order valence-corrected chi connectivity index (χ4v) is 1.80. The van der Waals surface area contributed by atoms with Crippen molar-refractivity contribution in [1.29, 1.82) is 0 Å². The molecule has 0 saturated heterocycles. The second-order valence-electron chi connectivity index (χ2n) is 3.35. The second kappa shape index (κ2) is 5.34. The summed E-state index contributed by atoms with van der Waals surface area (Å²) in [7, 11) is 2.13. The van der Waals surface area contributed by atoms with Crippen LogP contribution < -0.4 is 0 Å². The Kier molecular flexibility index (Phi) is 4.39. The monoisotopic (exact) mass is 257 g/mol. The Labute approximate surface area is 93.1 Å². The Morgan fingerprint density at radius 1 is 1.29 bits per heavy atom. The molecule has 2 amide bonds. The Morgan fingerprint density at radius 3 is 2.50 bits per heavy atom. The molecule has 1 aliphatic heterocycles. The number of imide groups is 1. The molecular weight excluding hydrogens is 245 g/mol. The summed E-state index contributed by atoms with van der Waals surface area (Å²) >= 11 is 3.06. The maximum Gasteiger partial charge on any atom is 0.267 e. The topological polar surface area (TPSA) is 37.4 Å². The summed E-state index contributed by atoms with van der Waals surface area (Å²) in [6.45, 7) is 0.545. The molecule has 0 bridgehead atoms. The number of amides is 2. The van der Waals surface area contributed by atoms with Crippen molar-refractivity contribution in [2.45, 2.75) is 25.6 Å². The summed E-state index contributed by atoms with van der Waals surface area (Å²) in [6.07, 6.45) is 5.63. The molecule has 0 atom stereocenters. The quantitative estimate of drug-likeness (QED) is 0.416. The molecule has 0 aromatic heterocycles. The van der Waals surface area contributed by atoms with Crippen LogP contribution in [0.2, 0.25) is 6.32 Å². The van der Waals surface area contributed by atoms with E-state index >= 15 is 0 Å². The highest BCUT2D eigenvalue weighted by Crippen LogP contribution is 2.18. The van der Waals surface area contributed by atoms with Gasteiger partial charge in [0, 0.05) is 12.6 Å². The number of unbranched alkanes of at least 4 members (excludes halogenated alkanes) is 2. The lowest BCUT2D eigenvalue weighted by Gasteiger charge is -2.13. The van der Waals surface area contributed by atoms with Crippen molar-refractivity contribution in [3.05, 3.63) is 10.6 Å². The van der Waals surface area contributed by atoms with E-state index in [1.165, 1.54) is 11.0 Å². The number of hydrogen-bond donors (Lipinski definition) is 0. The molecule has 0 aliphatic carbocycles. The van der Waals surface area contributed by atoms with Crippen molar-refractivity contribution < 1.29 is 9.59 Å². The highest BCUT2D eigenvalue weighted by atomic mass is 79.9. The highest BCUT2D eigenvalue weighted by molar-refractivity contribution is 9.12. The number of nitrogens with zero attached hydrogens (tertiary/aromatic N) is 1. The second-order valence-corrected chi connectivity index (χ2v) is 4.20. The van der Waals surface area contributed by atoms with Crippen LogP contribution in [0, 0.1) is 0 Å². The first-order valence-corrected chi connectivity index (χ1v) is 5.69. The molecule has 3 nitrogen and oxygen atoms in total. The van der Waals surface area contributed by atoms with E-state index in [-0.39, 0.29) is 11.8 Å². The lowest BCUT2D eigenvalue weighted by atomic mass is 9.99. The smallest absolute Gasteiger partial charge is 0.267 e. The molecular formula is C9H13BBrNO2. The van der Waals surface area contributed by atoms with Crippen LogP contribution in [-0.4, -0.2) is 31.1 Å². The van der Waals surface area contributed by atoms with Crippen LogP contribution in [0.5, 0.6) is 0 Å². The third-order valence-electron chi connectivity index (χ3n) is 2.20. The Balaban J connectivity index is 2.33. The Bertz CT molecular complexity index is 278. The molecule has 0 radical (unpaired) electrons. The molecule has 0 N–H and O–H groups in total. The predicted molar refractivity (Wildman–Crippen MR) is 60.9 cm³/mol. The van der Waals surface area contributed by atoms with Gasteiger partial charge in [-0.15, -0.1) is 0 Å². The van der Waals surface area contributed by atoms with Gasteiger partial charge in [-0.05, 0) is 22.4 Å². The zero-order valence-electron chi connectivity index (χ0n) is 8.25. The molecule has 1 heterocycles. The molecule has 0 aromatic carbocycles. The number of carbonyl (C=O) groups excluding carboxylic acids is 2. The molecule has 0 aromatic rings. The van der Waals surface area contributed by atoms with Gasteiger partial charge in [0.1, 0.15) is 7.85 Å². The first-order chi connectivity index (χ1) is 6.66. The average molecular weight is 258 g/mol. The van der Waals surface area contributed by atoms with Crippen molar-refractivity contribution in [2.75, 3.05) is 6.54 Å². The minimum atomic E-state index is -0.202. The number of rotatable bonds is 5. The first-order valence-electron chi connectivity index (χ1n) is 4.90. The van der Waals surface area contributed by atoms with Gasteiger partial charge in [-0.2, -0.15) is 0 Å². The molecule has 0 unspecified atom stereocenters. The van der Waals surface area contributed by atoms with E-state index in [0.29, 0.717) is 11.0 Å². The summed E-state index contributed by atoms with van der Waals surface area (Å²) in [6, 6.07) is 0. The first kappa shape index (κ1) is 11.5. The van der Waals surface area contributed by atoms with E-state index in [0.717, 1.165) is 25.6 Å². The molecule has 1 rings (SSSR count). The van der Waals surface area contributed by atoms with Gasteiger partial charge in [0.15, 0.2) is 0 Å². The zero-order chi connectivity index (χ0) is 10.6. The van der Waals surface area contributed by atoms with Gasteiger partial charge in [-0.1, -0.05) is 19.2 Å². The van der Waals surface area contributed by atoms with Crippen molar-refractivity contribution in [3.8, 4) is 0 Å². The Hall–Kier alpha value is -0.575. The normalized spacial score (nSPS) is 16.4. The van der Waals surface area contributed by atoms with E-state index in [1.807, 2.05) is 0 Å². The number of carbonyl (C=O) groups is 2. The van der Waals surface area contributed by atoms with Crippen LogP contribution in [0.3, 0.4) is 0 Å². The molecule has 14 heavy (non-hydrogen) atoms. The minimum absolute atomic E-state index is 0.196. The van der Waals surface area contributed by atoms with Gasteiger partial charge in [-0.3, -0.25) is 14.5 Å². The third kappa shape index (κ3) is 2.70. The number of hydrogen-bond acceptors (Lipinski definition) is 2. The number of halogens is 1. The maximum absolute atomic E-state index is 11.4. The molecule has 0 saturated carbocycles. The van der Waals surface area contributed by atoms with Gasteiger partial charge in [0.25, 0.3) is 11.8 Å². The molecule has 5 heteroatoms. The van der Waals surface area contributed by atoms with Crippen LogP contribution in [0.1, 0.15) is 19.3 Å². The van der Waals surface area contributed by atoms with Crippen molar-refractivity contribution >= 4 is 35.6 Å². The maximum atomic E-state index is 11.4. The van der Waals surface area contributed by atoms with Gasteiger partial charge in [0.2, 0.25) is 0 Å². The van der Waals surface area contributed by atoms with Crippen LogP contribution >= 0.6 is 15.9 Å². The van der Waals surface area contributed by atoms with Gasteiger partial charge >= 0.3 is 0 Å². The predicted octanol–water partition coefficient (Wildman–Crippen LogP) is 0.856. The summed E-state index contributed by atoms with van der Waals surface area (Å²) in [5, 5.41) is 0. The van der Waals surface area contributed by atoms with Crippen molar-refractivity contribution in [3.63, 3.8) is 0 Å². The summed E-state index contributed by atoms with van der Waals surface area (Å²) in [5.41, 5.74) is 0. The fraction of sp³-hybridized carbons (Fsp3) is 0.556. The SMILES string of the molecule is BCCCCCN1C(=O)C=C(Br)C1=O. The van der Waals surface area contributed by atoms with E-state index in [2.05, 4.69) is 23.8 Å². The third-order valence-corrected chi connectivity index (χ3v) is 2.77. The van der Waals surface area contributed by atoms with Crippen molar-refractivity contribution in [2.24, 2.45) is 0 Å². The van der Waals surface area contributed by atoms with Crippen LogP contribution in [0.4, 0.5) is 0 Å². The van der Waals surface area contributed by atoms with Gasteiger partial charge in [0.05, 0.1) is 4.48 Å². The van der Waals surface area contributed by atoms with Gasteiger partial charge in [-0.25, -0.2) is 0 Å². The molecule has 1 aliphatic rings. The molecule has 0 fully saturated rings. The summed E-state index contributed by atoms with van der Waals surface area (Å²) < 4.78 is 0.373.